The third-order valence-corrected chi connectivity index (χ3v) is 4.89. The maximum Gasteiger partial charge on any atom is 0.372 e. The van der Waals surface area contributed by atoms with Crippen LogP contribution in [0, 0.1) is 23.0 Å². The van der Waals surface area contributed by atoms with Gasteiger partial charge in [0, 0.05) is 24.8 Å². The summed E-state index contributed by atoms with van der Waals surface area (Å²) in [6, 6.07) is 10.7. The minimum absolute atomic E-state index is 0.0722. The van der Waals surface area contributed by atoms with Crippen molar-refractivity contribution < 1.29 is 9.72 Å². The standard InChI is InChI=1S/C19H20N6O3/c1-13-6-4-8-15(20-13)21-18(26)14-7-5-10-23(12-14)17-19(25(27)28)24-11-3-2-9-16(24)22-17/h2-4,6,8-9,11,14H,5,7,10,12H2,1H3,(H,20,21,26). The molecule has 1 fully saturated rings. The molecule has 9 heteroatoms. The van der Waals surface area contributed by atoms with E-state index >= 15 is 0 Å². The molecule has 3 aromatic rings. The Morgan fingerprint density at radius 1 is 1.25 bits per heavy atom. The van der Waals surface area contributed by atoms with E-state index in [1.54, 1.807) is 30.5 Å². The highest BCUT2D eigenvalue weighted by Gasteiger charge is 2.32. The molecule has 0 saturated carbocycles. The molecule has 4 rings (SSSR count). The summed E-state index contributed by atoms with van der Waals surface area (Å²) < 4.78 is 1.47. The van der Waals surface area contributed by atoms with Crippen LogP contribution < -0.4 is 10.2 Å². The zero-order valence-corrected chi connectivity index (χ0v) is 15.4. The lowest BCUT2D eigenvalue weighted by Gasteiger charge is -2.31. The van der Waals surface area contributed by atoms with Gasteiger partial charge >= 0.3 is 5.82 Å². The Balaban J connectivity index is 1.57. The SMILES string of the molecule is Cc1cccc(NC(=O)C2CCCN(c3nc4ccccn4c3[N+](=O)[O-])C2)n1. The van der Waals surface area contributed by atoms with Crippen molar-refractivity contribution in [1.82, 2.24) is 14.4 Å². The van der Waals surface area contributed by atoms with Crippen LogP contribution in [0.3, 0.4) is 0 Å². The Morgan fingerprint density at radius 3 is 2.89 bits per heavy atom. The van der Waals surface area contributed by atoms with Gasteiger partial charge in [-0.15, -0.1) is 0 Å². The van der Waals surface area contributed by atoms with Gasteiger partial charge in [0.2, 0.25) is 17.4 Å². The highest BCUT2D eigenvalue weighted by molar-refractivity contribution is 5.92. The van der Waals surface area contributed by atoms with Crippen LogP contribution in [0.4, 0.5) is 17.5 Å². The van der Waals surface area contributed by atoms with E-state index in [2.05, 4.69) is 15.3 Å². The van der Waals surface area contributed by atoms with Gasteiger partial charge in [0.1, 0.15) is 5.82 Å². The summed E-state index contributed by atoms with van der Waals surface area (Å²) >= 11 is 0. The molecule has 9 nitrogen and oxygen atoms in total. The van der Waals surface area contributed by atoms with Crippen molar-refractivity contribution in [2.45, 2.75) is 19.8 Å². The van der Waals surface area contributed by atoms with E-state index in [4.69, 9.17) is 0 Å². The van der Waals surface area contributed by atoms with Crippen LogP contribution in [0.5, 0.6) is 0 Å². The van der Waals surface area contributed by atoms with E-state index in [-0.39, 0.29) is 17.6 Å². The summed E-state index contributed by atoms with van der Waals surface area (Å²) in [5.41, 5.74) is 1.34. The molecular formula is C19H20N6O3. The van der Waals surface area contributed by atoms with E-state index in [1.165, 1.54) is 4.40 Å². The molecule has 0 radical (unpaired) electrons. The van der Waals surface area contributed by atoms with Crippen LogP contribution in [-0.4, -0.2) is 38.3 Å². The molecular weight excluding hydrogens is 360 g/mol. The average molecular weight is 380 g/mol. The molecule has 1 unspecified atom stereocenters. The van der Waals surface area contributed by atoms with Gasteiger partial charge in [-0.3, -0.25) is 4.79 Å². The third kappa shape index (κ3) is 3.38. The van der Waals surface area contributed by atoms with Gasteiger partial charge in [0.15, 0.2) is 0 Å². The van der Waals surface area contributed by atoms with E-state index in [0.717, 1.165) is 18.5 Å². The molecule has 0 bridgehead atoms. The Hall–Kier alpha value is -3.49. The molecule has 1 amide bonds. The van der Waals surface area contributed by atoms with Crippen molar-refractivity contribution in [3.63, 3.8) is 0 Å². The number of carbonyl (C=O) groups is 1. The van der Waals surface area contributed by atoms with Gasteiger partial charge in [-0.1, -0.05) is 12.1 Å². The van der Waals surface area contributed by atoms with Gasteiger partial charge in [0.05, 0.1) is 12.1 Å². The Labute approximate surface area is 161 Å². The van der Waals surface area contributed by atoms with Crippen LogP contribution in [0.1, 0.15) is 18.5 Å². The lowest BCUT2D eigenvalue weighted by Crippen LogP contribution is -2.41. The molecule has 0 aliphatic carbocycles. The number of fused-ring (bicyclic) bond motifs is 1. The van der Waals surface area contributed by atoms with Gasteiger partial charge < -0.3 is 20.3 Å². The van der Waals surface area contributed by atoms with Crippen molar-refractivity contribution in [1.29, 1.82) is 0 Å². The molecule has 1 N–H and O–H groups in total. The minimum Gasteiger partial charge on any atom is -0.358 e. The van der Waals surface area contributed by atoms with Crippen molar-refractivity contribution in [3.05, 3.63) is 58.4 Å². The highest BCUT2D eigenvalue weighted by Crippen LogP contribution is 2.32. The number of carbonyl (C=O) groups excluding carboxylic acids is 1. The summed E-state index contributed by atoms with van der Waals surface area (Å²) in [7, 11) is 0. The Kier molecular flexibility index (Phi) is 4.64. The van der Waals surface area contributed by atoms with Crippen LogP contribution in [0.15, 0.2) is 42.6 Å². The fraction of sp³-hybridized carbons (Fsp3) is 0.316. The van der Waals surface area contributed by atoms with Gasteiger partial charge in [-0.05, 0) is 42.9 Å². The van der Waals surface area contributed by atoms with Crippen molar-refractivity contribution >= 4 is 29.0 Å². The second-order valence-corrected chi connectivity index (χ2v) is 6.88. The number of nitrogens with zero attached hydrogens (tertiary/aromatic N) is 5. The number of imidazole rings is 1. The largest absolute Gasteiger partial charge is 0.372 e. The maximum atomic E-state index is 12.7. The number of anilines is 2. The Bertz CT molecular complexity index is 1050. The molecule has 4 heterocycles. The van der Waals surface area contributed by atoms with Crippen molar-refractivity contribution in [2.75, 3.05) is 23.3 Å². The number of amides is 1. The van der Waals surface area contributed by atoms with E-state index in [0.29, 0.717) is 30.4 Å². The summed E-state index contributed by atoms with van der Waals surface area (Å²) in [4.78, 5) is 34.5. The minimum atomic E-state index is -0.421. The zero-order chi connectivity index (χ0) is 19.7. The van der Waals surface area contributed by atoms with Crippen molar-refractivity contribution in [3.8, 4) is 0 Å². The first-order valence-corrected chi connectivity index (χ1v) is 9.14. The molecule has 28 heavy (non-hydrogen) atoms. The number of nitro groups is 1. The predicted octanol–water partition coefficient (Wildman–Crippen LogP) is 2.80. The topological polar surface area (TPSA) is 106 Å². The first-order valence-electron chi connectivity index (χ1n) is 9.14. The van der Waals surface area contributed by atoms with Crippen LogP contribution >= 0.6 is 0 Å². The summed E-state index contributed by atoms with van der Waals surface area (Å²) in [6.45, 7) is 2.86. The fourth-order valence-corrected chi connectivity index (χ4v) is 3.58. The third-order valence-electron chi connectivity index (χ3n) is 4.89. The zero-order valence-electron chi connectivity index (χ0n) is 15.4. The number of piperidine rings is 1. The second kappa shape index (κ2) is 7.26. The smallest absolute Gasteiger partial charge is 0.358 e. The molecule has 1 saturated heterocycles. The van der Waals surface area contributed by atoms with E-state index in [9.17, 15) is 14.9 Å². The van der Waals surface area contributed by atoms with E-state index < -0.39 is 4.92 Å². The fourth-order valence-electron chi connectivity index (χ4n) is 3.58. The number of pyridine rings is 2. The second-order valence-electron chi connectivity index (χ2n) is 6.88. The van der Waals surface area contributed by atoms with Crippen LogP contribution in [-0.2, 0) is 4.79 Å². The van der Waals surface area contributed by atoms with Crippen LogP contribution in [0.25, 0.3) is 5.65 Å². The molecule has 0 spiro atoms. The van der Waals surface area contributed by atoms with Crippen molar-refractivity contribution in [2.24, 2.45) is 5.92 Å². The molecule has 1 aliphatic rings. The molecule has 0 aromatic carbocycles. The lowest BCUT2D eigenvalue weighted by atomic mass is 9.97. The predicted molar refractivity (Wildman–Crippen MR) is 104 cm³/mol. The molecule has 144 valence electrons. The number of aryl methyl sites for hydroxylation is 1. The van der Waals surface area contributed by atoms with E-state index in [1.807, 2.05) is 24.0 Å². The first kappa shape index (κ1) is 17.9. The molecule has 3 aromatic heterocycles. The number of hydrogen-bond acceptors (Lipinski definition) is 6. The van der Waals surface area contributed by atoms with Gasteiger partial charge in [0.25, 0.3) is 0 Å². The molecule has 1 atom stereocenters. The quantitative estimate of drug-likeness (QED) is 0.551. The number of hydrogen-bond donors (Lipinski definition) is 1. The number of aromatic nitrogens is 3. The summed E-state index contributed by atoms with van der Waals surface area (Å²) in [5.74, 6) is 0.329. The highest BCUT2D eigenvalue weighted by atomic mass is 16.6. The van der Waals surface area contributed by atoms with Gasteiger partial charge in [-0.2, -0.15) is 9.38 Å². The normalized spacial score (nSPS) is 16.9. The maximum absolute atomic E-state index is 12.7. The number of nitrogens with one attached hydrogen (secondary N) is 1. The first-order chi connectivity index (χ1) is 13.5. The summed E-state index contributed by atoms with van der Waals surface area (Å²) in [5, 5.41) is 14.5. The summed E-state index contributed by atoms with van der Waals surface area (Å²) in [6.07, 6.45) is 3.10. The Morgan fingerprint density at radius 2 is 2.11 bits per heavy atom. The molecule has 1 aliphatic heterocycles. The van der Waals surface area contributed by atoms with Gasteiger partial charge in [-0.25, -0.2) is 4.98 Å². The average Bonchev–Trinajstić information content (AvgIpc) is 3.08. The lowest BCUT2D eigenvalue weighted by molar-refractivity contribution is -0.389. The monoisotopic (exact) mass is 380 g/mol. The van der Waals surface area contributed by atoms with Crippen LogP contribution in [0.2, 0.25) is 0 Å². The number of rotatable bonds is 4.